The summed E-state index contributed by atoms with van der Waals surface area (Å²) in [5, 5.41) is 0. The molecule has 166 valence electrons. The average molecular weight is 456 g/mol. The van der Waals surface area contributed by atoms with E-state index in [1.54, 1.807) is 31.4 Å². The zero-order chi connectivity index (χ0) is 22.9. The molecule has 1 aliphatic rings. The van der Waals surface area contributed by atoms with Crippen LogP contribution in [0.1, 0.15) is 17.2 Å². The fourth-order valence-electron chi connectivity index (χ4n) is 4.74. The van der Waals surface area contributed by atoms with Crippen molar-refractivity contribution in [2.45, 2.75) is 22.2 Å². The number of nitrogens with zero attached hydrogens (tertiary/aromatic N) is 1. The largest absolute Gasteiger partial charge is 0.497 e. The number of rotatable bonds is 7. The monoisotopic (exact) mass is 455 g/mol. The van der Waals surface area contributed by atoms with Crippen LogP contribution in [-0.2, 0) is 16.3 Å². The average Bonchev–Trinajstić information content (AvgIpc) is 3.56. The minimum atomic E-state index is -3.75. The summed E-state index contributed by atoms with van der Waals surface area (Å²) in [6, 6.07) is 35.7. The lowest BCUT2D eigenvalue weighted by Crippen LogP contribution is -2.33. The molecular weight excluding hydrogens is 430 g/mol. The Morgan fingerprint density at radius 3 is 2.03 bits per heavy atom. The van der Waals surface area contributed by atoms with Gasteiger partial charge in [0.2, 0.25) is 9.84 Å². The number of anilines is 1. The van der Waals surface area contributed by atoms with Crippen LogP contribution >= 0.6 is 0 Å². The summed E-state index contributed by atoms with van der Waals surface area (Å²) >= 11 is 0. The zero-order valence-electron chi connectivity index (χ0n) is 18.3. The summed E-state index contributed by atoms with van der Waals surface area (Å²) in [4.78, 5) is 1.20. The van der Waals surface area contributed by atoms with Crippen molar-refractivity contribution in [1.29, 1.82) is 0 Å². The highest BCUT2D eigenvalue weighted by molar-refractivity contribution is 7.93. The number of sulfone groups is 1. The van der Waals surface area contributed by atoms with Gasteiger partial charge in [0.05, 0.1) is 18.0 Å². The molecule has 5 heteroatoms. The smallest absolute Gasteiger partial charge is 0.205 e. The van der Waals surface area contributed by atoms with Gasteiger partial charge in [-0.15, -0.1) is 0 Å². The third-order valence-corrected chi connectivity index (χ3v) is 8.68. The predicted molar refractivity (Wildman–Crippen MR) is 131 cm³/mol. The zero-order valence-corrected chi connectivity index (χ0v) is 19.2. The van der Waals surface area contributed by atoms with Crippen LogP contribution in [0.5, 0.6) is 5.75 Å². The minimum Gasteiger partial charge on any atom is -0.497 e. The Hall–Kier alpha value is -3.57. The second-order valence-electron chi connectivity index (χ2n) is 8.21. The Morgan fingerprint density at radius 1 is 0.788 bits per heavy atom. The second kappa shape index (κ2) is 8.41. The molecule has 1 saturated heterocycles. The Bertz CT molecular complexity index is 1340. The van der Waals surface area contributed by atoms with Crippen LogP contribution in [0.15, 0.2) is 120 Å². The molecule has 0 saturated carbocycles. The van der Waals surface area contributed by atoms with Gasteiger partial charge in [0, 0.05) is 12.1 Å². The van der Waals surface area contributed by atoms with Crippen molar-refractivity contribution in [2.75, 3.05) is 12.0 Å². The maximum absolute atomic E-state index is 14.4. The lowest BCUT2D eigenvalue weighted by atomic mass is 10.0. The molecule has 0 spiro atoms. The van der Waals surface area contributed by atoms with E-state index in [4.69, 9.17) is 4.74 Å². The van der Waals surface area contributed by atoms with E-state index in [0.717, 1.165) is 16.8 Å². The number of benzene rings is 4. The minimum absolute atomic E-state index is 0.326. The lowest BCUT2D eigenvalue weighted by molar-refractivity contribution is 0.414. The Labute approximate surface area is 195 Å². The summed E-state index contributed by atoms with van der Waals surface area (Å²) in [6.07, 6.45) is 0.363. The molecule has 4 aromatic carbocycles. The Balaban J connectivity index is 1.74. The van der Waals surface area contributed by atoms with Crippen molar-refractivity contribution in [3.05, 3.63) is 126 Å². The molecule has 1 aliphatic heterocycles. The molecule has 0 radical (unpaired) electrons. The third kappa shape index (κ3) is 3.58. The first-order valence-electron chi connectivity index (χ1n) is 10.9. The van der Waals surface area contributed by atoms with Crippen LogP contribution in [0.3, 0.4) is 0 Å². The van der Waals surface area contributed by atoms with Gasteiger partial charge in [-0.1, -0.05) is 78.9 Å². The first-order chi connectivity index (χ1) is 16.1. The van der Waals surface area contributed by atoms with E-state index in [-0.39, 0.29) is 6.04 Å². The van der Waals surface area contributed by atoms with E-state index in [9.17, 15) is 8.42 Å². The van der Waals surface area contributed by atoms with E-state index >= 15 is 0 Å². The topological polar surface area (TPSA) is 46.4 Å². The fraction of sp³-hybridized carbons (Fsp3) is 0.143. The van der Waals surface area contributed by atoms with Gasteiger partial charge >= 0.3 is 0 Å². The van der Waals surface area contributed by atoms with Crippen LogP contribution in [-0.4, -0.2) is 20.4 Å². The molecular formula is C28H25NO3S. The van der Waals surface area contributed by atoms with Crippen LogP contribution in [0.25, 0.3) is 0 Å². The van der Waals surface area contributed by atoms with E-state index in [1.807, 2.05) is 95.9 Å². The van der Waals surface area contributed by atoms with Gasteiger partial charge in [0.1, 0.15) is 5.75 Å². The predicted octanol–water partition coefficient (Wildman–Crippen LogP) is 5.67. The van der Waals surface area contributed by atoms with E-state index in [0.29, 0.717) is 17.1 Å². The molecule has 2 unspecified atom stereocenters. The number of para-hydroxylation sites is 1. The number of methoxy groups -OCH3 is 1. The maximum atomic E-state index is 14.4. The van der Waals surface area contributed by atoms with Crippen molar-refractivity contribution >= 4 is 15.5 Å². The molecule has 0 N–H and O–H groups in total. The number of ether oxygens (including phenoxy) is 1. The first-order valence-corrected chi connectivity index (χ1v) is 12.4. The van der Waals surface area contributed by atoms with Gasteiger partial charge < -0.3 is 9.64 Å². The van der Waals surface area contributed by atoms with Crippen molar-refractivity contribution < 1.29 is 13.2 Å². The van der Waals surface area contributed by atoms with Crippen molar-refractivity contribution in [1.82, 2.24) is 0 Å². The SMILES string of the molecule is COc1cccc(C2N(c3ccccc3)C2(Cc2ccccc2)S(=O)(=O)c2ccccc2)c1. The van der Waals surface area contributed by atoms with E-state index in [2.05, 4.69) is 0 Å². The standard InChI is InChI=1S/C28H25NO3S/c1-32-25-17-11-14-23(20-25)27-28(21-22-12-5-2-6-13-22,29(27)24-15-7-3-8-16-24)33(30,31)26-18-9-4-10-19-26/h2-20,27H,21H2,1H3. The van der Waals surface area contributed by atoms with Crippen molar-refractivity contribution in [3.8, 4) is 5.75 Å². The van der Waals surface area contributed by atoms with Crippen LogP contribution < -0.4 is 9.64 Å². The summed E-state index contributed by atoms with van der Waals surface area (Å²) in [5.41, 5.74) is 2.76. The van der Waals surface area contributed by atoms with E-state index < -0.39 is 14.7 Å². The molecule has 33 heavy (non-hydrogen) atoms. The first kappa shape index (κ1) is 21.3. The fourth-order valence-corrected chi connectivity index (χ4v) is 6.97. The Kier molecular flexibility index (Phi) is 5.43. The van der Waals surface area contributed by atoms with Crippen LogP contribution in [0, 0.1) is 0 Å². The van der Waals surface area contributed by atoms with Gasteiger partial charge in [0.25, 0.3) is 0 Å². The molecule has 2 atom stereocenters. The molecule has 1 heterocycles. The lowest BCUT2D eigenvalue weighted by Gasteiger charge is -2.20. The molecule has 1 fully saturated rings. The molecule has 0 aliphatic carbocycles. The highest BCUT2D eigenvalue weighted by Crippen LogP contribution is 2.62. The summed E-state index contributed by atoms with van der Waals surface area (Å²) < 4.78 is 34.2. The third-order valence-electron chi connectivity index (χ3n) is 6.29. The maximum Gasteiger partial charge on any atom is 0.205 e. The summed E-state index contributed by atoms with van der Waals surface area (Å²) in [5.74, 6) is 0.707. The van der Waals surface area contributed by atoms with Gasteiger partial charge in [-0.3, -0.25) is 0 Å². The molecule has 0 amide bonds. The number of hydrogen-bond acceptors (Lipinski definition) is 4. The van der Waals surface area contributed by atoms with Crippen molar-refractivity contribution in [2.24, 2.45) is 0 Å². The molecule has 4 nitrogen and oxygen atoms in total. The highest BCUT2D eigenvalue weighted by atomic mass is 32.2. The summed E-state index contributed by atoms with van der Waals surface area (Å²) in [7, 11) is -2.13. The van der Waals surface area contributed by atoms with Gasteiger partial charge in [-0.2, -0.15) is 0 Å². The van der Waals surface area contributed by atoms with Crippen molar-refractivity contribution in [3.63, 3.8) is 0 Å². The van der Waals surface area contributed by atoms with Crippen LogP contribution in [0.2, 0.25) is 0 Å². The second-order valence-corrected chi connectivity index (χ2v) is 10.4. The number of hydrogen-bond donors (Lipinski definition) is 0. The normalized spacial score (nSPS) is 19.8. The Morgan fingerprint density at radius 2 is 1.39 bits per heavy atom. The highest BCUT2D eigenvalue weighted by Gasteiger charge is 2.71. The van der Waals surface area contributed by atoms with Gasteiger partial charge in [-0.25, -0.2) is 8.42 Å². The van der Waals surface area contributed by atoms with Gasteiger partial charge in [-0.05, 0) is 47.5 Å². The molecule has 0 bridgehead atoms. The molecule has 0 aromatic heterocycles. The quantitative estimate of drug-likeness (QED) is 0.337. The van der Waals surface area contributed by atoms with Crippen LogP contribution in [0.4, 0.5) is 5.69 Å². The summed E-state index contributed by atoms with van der Waals surface area (Å²) in [6.45, 7) is 0. The van der Waals surface area contributed by atoms with E-state index in [1.165, 1.54) is 0 Å². The van der Waals surface area contributed by atoms with Gasteiger partial charge in [0.15, 0.2) is 4.87 Å². The molecule has 5 rings (SSSR count). The molecule has 4 aromatic rings.